The fraction of sp³-hybridized carbons (Fsp3) is 0.250. The highest BCUT2D eigenvalue weighted by Crippen LogP contribution is 2.21. The summed E-state index contributed by atoms with van der Waals surface area (Å²) >= 11 is 0. The molecule has 0 radical (unpaired) electrons. The molecule has 0 amide bonds. The van der Waals surface area contributed by atoms with Gasteiger partial charge in [-0.3, -0.25) is 10.8 Å². The third kappa shape index (κ3) is 1.78. The predicted octanol–water partition coefficient (Wildman–Crippen LogP) is 2.39. The third-order valence-corrected chi connectivity index (χ3v) is 2.54. The van der Waals surface area contributed by atoms with Gasteiger partial charge in [-0.05, 0) is 31.5 Å². The number of hydrogen-bond donors (Lipinski definition) is 2. The number of aryl methyl sites for hydroxylation is 2. The molecule has 0 unspecified atom stereocenters. The highest BCUT2D eigenvalue weighted by atomic mass is 15.2. The molecule has 0 aliphatic heterocycles. The summed E-state index contributed by atoms with van der Waals surface area (Å²) in [5.74, 6) is 5.47. The normalized spacial score (nSPS) is 10.6. The molecule has 15 heavy (non-hydrogen) atoms. The van der Waals surface area contributed by atoms with Gasteiger partial charge in [0.05, 0.1) is 16.9 Å². The Labute approximate surface area is 89.3 Å². The monoisotopic (exact) mass is 201 g/mol. The number of hydrazine groups is 1. The number of nitrogens with zero attached hydrogens (tertiary/aromatic N) is 1. The van der Waals surface area contributed by atoms with Crippen molar-refractivity contribution in [3.05, 3.63) is 35.5 Å². The lowest BCUT2D eigenvalue weighted by molar-refractivity contribution is 1.05. The van der Waals surface area contributed by atoms with Crippen LogP contribution in [0.5, 0.6) is 0 Å². The van der Waals surface area contributed by atoms with Crippen LogP contribution in [0.25, 0.3) is 10.9 Å². The summed E-state index contributed by atoms with van der Waals surface area (Å²) in [7, 11) is 0. The number of fused-ring (bicyclic) bond motifs is 1. The lowest BCUT2D eigenvalue weighted by atomic mass is 10.1. The molecule has 0 spiro atoms. The molecule has 0 aliphatic carbocycles. The molecule has 1 heterocycles. The van der Waals surface area contributed by atoms with E-state index in [2.05, 4.69) is 36.4 Å². The Bertz CT molecular complexity index is 491. The van der Waals surface area contributed by atoms with E-state index in [1.807, 2.05) is 12.1 Å². The number of hydrogen-bond acceptors (Lipinski definition) is 3. The van der Waals surface area contributed by atoms with Crippen molar-refractivity contribution in [1.82, 2.24) is 4.98 Å². The summed E-state index contributed by atoms with van der Waals surface area (Å²) in [6.45, 7) is 4.14. The van der Waals surface area contributed by atoms with Crippen molar-refractivity contribution in [1.29, 1.82) is 0 Å². The van der Waals surface area contributed by atoms with Crippen molar-refractivity contribution < 1.29 is 0 Å². The minimum atomic E-state index is 0.878. The van der Waals surface area contributed by atoms with Crippen LogP contribution in [0.2, 0.25) is 0 Å². The molecule has 2 rings (SSSR count). The third-order valence-electron chi connectivity index (χ3n) is 2.54. The number of nitrogens with two attached hydrogens (primary N) is 1. The summed E-state index contributed by atoms with van der Waals surface area (Å²) in [4.78, 5) is 4.56. The molecule has 1 aromatic heterocycles. The van der Waals surface area contributed by atoms with Crippen LogP contribution in [-0.2, 0) is 6.42 Å². The molecule has 3 nitrogen and oxygen atoms in total. The molecule has 0 saturated carbocycles. The Balaban J connectivity index is 2.69. The van der Waals surface area contributed by atoms with Crippen LogP contribution < -0.4 is 11.3 Å². The zero-order valence-electron chi connectivity index (χ0n) is 9.04. The second kappa shape index (κ2) is 3.87. The van der Waals surface area contributed by atoms with Gasteiger partial charge in [0.25, 0.3) is 0 Å². The van der Waals surface area contributed by atoms with Gasteiger partial charge in [0.1, 0.15) is 0 Å². The zero-order valence-corrected chi connectivity index (χ0v) is 9.04. The lowest BCUT2D eigenvalue weighted by Gasteiger charge is -2.08. The highest BCUT2D eigenvalue weighted by molar-refractivity contribution is 5.83. The average molecular weight is 201 g/mol. The van der Waals surface area contributed by atoms with Crippen molar-refractivity contribution in [2.75, 3.05) is 5.43 Å². The Hall–Kier alpha value is -1.61. The van der Waals surface area contributed by atoms with Gasteiger partial charge in [0.2, 0.25) is 0 Å². The van der Waals surface area contributed by atoms with E-state index in [0.717, 1.165) is 28.7 Å². The van der Waals surface area contributed by atoms with Crippen LogP contribution in [0.3, 0.4) is 0 Å². The van der Waals surface area contributed by atoms with Gasteiger partial charge in [-0.25, -0.2) is 0 Å². The maximum Gasteiger partial charge on any atom is 0.0707 e. The first-order chi connectivity index (χ1) is 7.24. The Kier molecular flexibility index (Phi) is 2.56. The second-order valence-corrected chi connectivity index (χ2v) is 3.68. The Morgan fingerprint density at radius 1 is 1.33 bits per heavy atom. The molecule has 2 aromatic rings. The van der Waals surface area contributed by atoms with Crippen molar-refractivity contribution in [2.45, 2.75) is 20.3 Å². The van der Waals surface area contributed by atoms with Crippen LogP contribution in [0.15, 0.2) is 24.3 Å². The number of nitrogens with one attached hydrogen (secondary N) is 1. The van der Waals surface area contributed by atoms with E-state index in [0.29, 0.717) is 0 Å². The van der Waals surface area contributed by atoms with E-state index < -0.39 is 0 Å². The van der Waals surface area contributed by atoms with Crippen LogP contribution in [0.1, 0.15) is 18.2 Å². The van der Waals surface area contributed by atoms with Crippen LogP contribution >= 0.6 is 0 Å². The fourth-order valence-electron chi connectivity index (χ4n) is 1.73. The molecule has 0 aliphatic rings. The number of anilines is 1. The van der Waals surface area contributed by atoms with Crippen molar-refractivity contribution in [2.24, 2.45) is 5.84 Å². The highest BCUT2D eigenvalue weighted by Gasteiger charge is 2.03. The summed E-state index contributed by atoms with van der Waals surface area (Å²) in [5, 5.41) is 1.13. The molecular weight excluding hydrogens is 186 g/mol. The summed E-state index contributed by atoms with van der Waals surface area (Å²) < 4.78 is 0. The maximum atomic E-state index is 5.47. The molecule has 3 N–H and O–H groups in total. The number of aromatic nitrogens is 1. The van der Waals surface area contributed by atoms with Gasteiger partial charge in [0, 0.05) is 5.39 Å². The first-order valence-corrected chi connectivity index (χ1v) is 5.11. The zero-order chi connectivity index (χ0) is 10.8. The molecular formula is C12H15N3. The molecule has 3 heteroatoms. The molecule has 0 saturated heterocycles. The van der Waals surface area contributed by atoms with Gasteiger partial charge in [-0.2, -0.15) is 0 Å². The van der Waals surface area contributed by atoms with Gasteiger partial charge < -0.3 is 5.43 Å². The van der Waals surface area contributed by atoms with Crippen LogP contribution in [0.4, 0.5) is 5.69 Å². The fourth-order valence-corrected chi connectivity index (χ4v) is 1.73. The minimum absolute atomic E-state index is 0.878. The molecule has 0 bridgehead atoms. The van der Waals surface area contributed by atoms with Crippen LogP contribution in [-0.4, -0.2) is 4.98 Å². The first-order valence-electron chi connectivity index (χ1n) is 5.11. The maximum absolute atomic E-state index is 5.47. The van der Waals surface area contributed by atoms with E-state index in [1.165, 1.54) is 5.56 Å². The molecule has 0 fully saturated rings. The van der Waals surface area contributed by atoms with Gasteiger partial charge in [-0.15, -0.1) is 0 Å². The Morgan fingerprint density at radius 3 is 2.80 bits per heavy atom. The van der Waals surface area contributed by atoms with Crippen molar-refractivity contribution in [3.8, 4) is 0 Å². The van der Waals surface area contributed by atoms with E-state index >= 15 is 0 Å². The number of benzene rings is 1. The second-order valence-electron chi connectivity index (χ2n) is 3.68. The van der Waals surface area contributed by atoms with E-state index in [9.17, 15) is 0 Å². The summed E-state index contributed by atoms with van der Waals surface area (Å²) in [5.41, 5.74) is 6.87. The number of rotatable bonds is 2. The van der Waals surface area contributed by atoms with E-state index in [-0.39, 0.29) is 0 Å². The van der Waals surface area contributed by atoms with E-state index in [1.54, 1.807) is 0 Å². The quantitative estimate of drug-likeness (QED) is 0.579. The number of nitrogen functional groups attached to an aromatic ring is 1. The van der Waals surface area contributed by atoms with Gasteiger partial charge in [0.15, 0.2) is 0 Å². The van der Waals surface area contributed by atoms with E-state index in [4.69, 9.17) is 5.84 Å². The topological polar surface area (TPSA) is 50.9 Å². The summed E-state index contributed by atoms with van der Waals surface area (Å²) in [6.07, 6.45) is 0.878. The SMILES string of the molecule is CCc1nc2ccc(C)cc2cc1NN. The van der Waals surface area contributed by atoms with Gasteiger partial charge in [-0.1, -0.05) is 18.6 Å². The molecule has 0 atom stereocenters. The predicted molar refractivity (Wildman–Crippen MR) is 63.7 cm³/mol. The first kappa shape index (κ1) is 9.93. The number of pyridine rings is 1. The van der Waals surface area contributed by atoms with Crippen molar-refractivity contribution in [3.63, 3.8) is 0 Å². The Morgan fingerprint density at radius 2 is 2.13 bits per heavy atom. The lowest BCUT2D eigenvalue weighted by Crippen LogP contribution is -2.10. The summed E-state index contributed by atoms with van der Waals surface area (Å²) in [6, 6.07) is 8.28. The van der Waals surface area contributed by atoms with Crippen molar-refractivity contribution >= 4 is 16.6 Å². The molecule has 78 valence electrons. The average Bonchev–Trinajstić information content (AvgIpc) is 2.27. The minimum Gasteiger partial charge on any atom is -0.322 e. The standard InChI is InChI=1S/C12H15N3/c1-3-10-12(15-13)7-9-6-8(2)4-5-11(9)14-10/h4-7,15H,3,13H2,1-2H3. The molecule has 1 aromatic carbocycles. The largest absolute Gasteiger partial charge is 0.322 e. The smallest absolute Gasteiger partial charge is 0.0707 e. The van der Waals surface area contributed by atoms with Crippen LogP contribution in [0, 0.1) is 6.92 Å². The van der Waals surface area contributed by atoms with Gasteiger partial charge >= 0.3 is 0 Å².